The van der Waals surface area contributed by atoms with Crippen LogP contribution in [0.1, 0.15) is 51.5 Å². The van der Waals surface area contributed by atoms with Gasteiger partial charge in [0.1, 0.15) is 0 Å². The van der Waals surface area contributed by atoms with Crippen molar-refractivity contribution in [3.05, 3.63) is 23.8 Å². The molecular weight excluding hydrogens is 250 g/mol. The summed E-state index contributed by atoms with van der Waals surface area (Å²) in [5, 5.41) is 22.4. The molecule has 0 aromatic heterocycles. The standard InChI is InChI=1S/C17H27NO2/c1-13(2)10-17(7-3-4-8-17)12-18-11-14-5-6-15(19)16(20)9-14/h5-6,9,13,18-20H,3-4,7-8,10-12H2,1-2H3. The highest BCUT2D eigenvalue weighted by atomic mass is 16.3. The number of hydrogen-bond acceptors (Lipinski definition) is 3. The van der Waals surface area contributed by atoms with E-state index in [9.17, 15) is 10.2 Å². The molecule has 1 saturated carbocycles. The molecule has 1 fully saturated rings. The monoisotopic (exact) mass is 277 g/mol. The van der Waals surface area contributed by atoms with Crippen molar-refractivity contribution < 1.29 is 10.2 Å². The summed E-state index contributed by atoms with van der Waals surface area (Å²) in [6.45, 7) is 6.40. The largest absolute Gasteiger partial charge is 0.504 e. The highest BCUT2D eigenvalue weighted by molar-refractivity contribution is 5.40. The molecular formula is C17H27NO2. The van der Waals surface area contributed by atoms with E-state index in [0.29, 0.717) is 5.41 Å². The van der Waals surface area contributed by atoms with Crippen LogP contribution in [0.15, 0.2) is 18.2 Å². The van der Waals surface area contributed by atoms with E-state index in [1.807, 2.05) is 6.07 Å². The molecule has 3 nitrogen and oxygen atoms in total. The summed E-state index contributed by atoms with van der Waals surface area (Å²) in [4.78, 5) is 0. The normalized spacial score (nSPS) is 17.8. The Labute approximate surface area is 122 Å². The van der Waals surface area contributed by atoms with Crippen molar-refractivity contribution in [2.75, 3.05) is 6.54 Å². The Bertz CT molecular complexity index is 437. The van der Waals surface area contributed by atoms with E-state index in [-0.39, 0.29) is 11.5 Å². The minimum atomic E-state index is -0.0548. The van der Waals surface area contributed by atoms with Gasteiger partial charge >= 0.3 is 0 Å². The van der Waals surface area contributed by atoms with Crippen LogP contribution in [0, 0.1) is 11.3 Å². The lowest BCUT2D eigenvalue weighted by Crippen LogP contribution is -2.33. The SMILES string of the molecule is CC(C)CC1(CNCc2ccc(O)c(O)c2)CCCC1. The number of hydrogen-bond donors (Lipinski definition) is 3. The van der Waals surface area contributed by atoms with Gasteiger partial charge in [-0.15, -0.1) is 0 Å². The first-order valence-electron chi connectivity index (χ1n) is 7.72. The van der Waals surface area contributed by atoms with E-state index < -0.39 is 0 Å². The van der Waals surface area contributed by atoms with Crippen molar-refractivity contribution in [2.24, 2.45) is 11.3 Å². The second-order valence-electron chi connectivity index (χ2n) is 6.73. The van der Waals surface area contributed by atoms with Crippen LogP contribution in [0.4, 0.5) is 0 Å². The molecule has 2 rings (SSSR count). The minimum Gasteiger partial charge on any atom is -0.504 e. The first kappa shape index (κ1) is 15.2. The molecule has 0 unspecified atom stereocenters. The van der Waals surface area contributed by atoms with Crippen molar-refractivity contribution >= 4 is 0 Å². The minimum absolute atomic E-state index is 0.0398. The summed E-state index contributed by atoms with van der Waals surface area (Å²) in [5.74, 6) is 0.649. The van der Waals surface area contributed by atoms with E-state index in [1.165, 1.54) is 32.1 Å². The van der Waals surface area contributed by atoms with Crippen molar-refractivity contribution in [1.82, 2.24) is 5.32 Å². The maximum absolute atomic E-state index is 9.50. The second-order valence-corrected chi connectivity index (χ2v) is 6.73. The second kappa shape index (κ2) is 6.49. The Balaban J connectivity index is 1.88. The van der Waals surface area contributed by atoms with Gasteiger partial charge in [-0.1, -0.05) is 32.8 Å². The van der Waals surface area contributed by atoms with E-state index in [2.05, 4.69) is 19.2 Å². The van der Waals surface area contributed by atoms with Gasteiger partial charge in [0, 0.05) is 13.1 Å². The fourth-order valence-electron chi connectivity index (χ4n) is 3.60. The van der Waals surface area contributed by atoms with Crippen LogP contribution in [0.5, 0.6) is 11.5 Å². The average Bonchev–Trinajstić information content (AvgIpc) is 2.81. The molecule has 0 atom stereocenters. The molecule has 1 aliphatic carbocycles. The number of benzene rings is 1. The lowest BCUT2D eigenvalue weighted by Gasteiger charge is -2.31. The molecule has 20 heavy (non-hydrogen) atoms. The van der Waals surface area contributed by atoms with Gasteiger partial charge < -0.3 is 15.5 Å². The third-order valence-corrected chi connectivity index (χ3v) is 4.37. The van der Waals surface area contributed by atoms with E-state index in [4.69, 9.17) is 0 Å². The van der Waals surface area contributed by atoms with Gasteiger partial charge in [-0.25, -0.2) is 0 Å². The maximum atomic E-state index is 9.50. The van der Waals surface area contributed by atoms with Crippen molar-refractivity contribution in [1.29, 1.82) is 0 Å². The predicted molar refractivity (Wildman–Crippen MR) is 81.8 cm³/mol. The fourth-order valence-corrected chi connectivity index (χ4v) is 3.60. The zero-order valence-corrected chi connectivity index (χ0v) is 12.7. The van der Waals surface area contributed by atoms with Crippen molar-refractivity contribution in [3.8, 4) is 11.5 Å². The van der Waals surface area contributed by atoms with Crippen LogP contribution in [0.25, 0.3) is 0 Å². The molecule has 1 aromatic carbocycles. The highest BCUT2D eigenvalue weighted by Crippen LogP contribution is 2.42. The summed E-state index contributed by atoms with van der Waals surface area (Å²) in [5.41, 5.74) is 1.48. The topological polar surface area (TPSA) is 52.5 Å². The van der Waals surface area contributed by atoms with Gasteiger partial charge in [-0.3, -0.25) is 0 Å². The third kappa shape index (κ3) is 3.89. The predicted octanol–water partition coefficient (Wildman–Crippen LogP) is 3.79. The van der Waals surface area contributed by atoms with Gasteiger partial charge in [0.15, 0.2) is 11.5 Å². The molecule has 0 saturated heterocycles. The first-order valence-corrected chi connectivity index (χ1v) is 7.72. The Morgan fingerprint density at radius 3 is 2.45 bits per heavy atom. The third-order valence-electron chi connectivity index (χ3n) is 4.37. The lowest BCUT2D eigenvalue weighted by atomic mass is 9.78. The van der Waals surface area contributed by atoms with Crippen LogP contribution in [0.3, 0.4) is 0 Å². The van der Waals surface area contributed by atoms with Crippen LogP contribution >= 0.6 is 0 Å². The zero-order valence-electron chi connectivity index (χ0n) is 12.7. The van der Waals surface area contributed by atoms with E-state index in [0.717, 1.165) is 24.6 Å². The molecule has 0 radical (unpaired) electrons. The van der Waals surface area contributed by atoms with Crippen LogP contribution < -0.4 is 5.32 Å². The summed E-state index contributed by atoms with van der Waals surface area (Å²) < 4.78 is 0. The smallest absolute Gasteiger partial charge is 0.157 e. The summed E-state index contributed by atoms with van der Waals surface area (Å²) in [6, 6.07) is 5.03. The zero-order chi connectivity index (χ0) is 14.6. The van der Waals surface area contributed by atoms with Gasteiger partial charge in [-0.05, 0) is 48.3 Å². The summed E-state index contributed by atoms with van der Waals surface area (Å²) in [6.07, 6.45) is 6.67. The Hall–Kier alpha value is -1.22. The fraction of sp³-hybridized carbons (Fsp3) is 0.647. The molecule has 1 aromatic rings. The average molecular weight is 277 g/mol. The number of phenols is 2. The van der Waals surface area contributed by atoms with Gasteiger partial charge in [0.05, 0.1) is 0 Å². The molecule has 0 spiro atoms. The van der Waals surface area contributed by atoms with Gasteiger partial charge in [0.25, 0.3) is 0 Å². The molecule has 3 heteroatoms. The number of phenolic OH excluding ortho intramolecular Hbond substituents is 2. The molecule has 0 heterocycles. The molecule has 112 valence electrons. The van der Waals surface area contributed by atoms with Crippen molar-refractivity contribution in [2.45, 2.75) is 52.5 Å². The van der Waals surface area contributed by atoms with Crippen LogP contribution in [-0.4, -0.2) is 16.8 Å². The van der Waals surface area contributed by atoms with E-state index >= 15 is 0 Å². The number of nitrogens with one attached hydrogen (secondary N) is 1. The highest BCUT2D eigenvalue weighted by Gasteiger charge is 2.33. The van der Waals surface area contributed by atoms with E-state index in [1.54, 1.807) is 12.1 Å². The first-order chi connectivity index (χ1) is 9.51. The summed E-state index contributed by atoms with van der Waals surface area (Å²) in [7, 11) is 0. The number of aromatic hydroxyl groups is 2. The summed E-state index contributed by atoms with van der Waals surface area (Å²) >= 11 is 0. The molecule has 3 N–H and O–H groups in total. The van der Waals surface area contributed by atoms with Crippen LogP contribution in [-0.2, 0) is 6.54 Å². The quantitative estimate of drug-likeness (QED) is 0.693. The van der Waals surface area contributed by atoms with Gasteiger partial charge in [-0.2, -0.15) is 0 Å². The molecule has 0 bridgehead atoms. The molecule has 1 aliphatic rings. The maximum Gasteiger partial charge on any atom is 0.157 e. The van der Waals surface area contributed by atoms with Crippen molar-refractivity contribution in [3.63, 3.8) is 0 Å². The van der Waals surface area contributed by atoms with Crippen LogP contribution in [0.2, 0.25) is 0 Å². The van der Waals surface area contributed by atoms with Gasteiger partial charge in [0.2, 0.25) is 0 Å². The Kier molecular flexibility index (Phi) is 4.92. The Morgan fingerprint density at radius 1 is 1.15 bits per heavy atom. The number of rotatable bonds is 6. The Morgan fingerprint density at radius 2 is 1.85 bits per heavy atom. The molecule has 0 amide bonds. The lowest BCUT2D eigenvalue weighted by molar-refractivity contribution is 0.223. The molecule has 0 aliphatic heterocycles.